The summed E-state index contributed by atoms with van der Waals surface area (Å²) in [6.07, 6.45) is 1.60. The molecule has 2 N–H and O–H groups in total. The molecule has 0 bridgehead atoms. The summed E-state index contributed by atoms with van der Waals surface area (Å²) in [6.45, 7) is 5.56. The standard InChI is InChI=1S/C14H20N2O/c1-11-8-13(9-15)5-6-14(11)10-16-7-3-4-12(2)17/h5-6,8,12,16-17H,3-4,7,10H2,1-2H3. The van der Waals surface area contributed by atoms with E-state index in [4.69, 9.17) is 10.4 Å². The van der Waals surface area contributed by atoms with Gasteiger partial charge in [-0.2, -0.15) is 5.26 Å². The van der Waals surface area contributed by atoms with Gasteiger partial charge >= 0.3 is 0 Å². The molecule has 0 fully saturated rings. The third-order valence-electron chi connectivity index (χ3n) is 2.76. The fourth-order valence-corrected chi connectivity index (χ4v) is 1.71. The van der Waals surface area contributed by atoms with Crippen LogP contribution in [0.1, 0.15) is 36.5 Å². The number of aliphatic hydroxyl groups is 1. The molecule has 0 radical (unpaired) electrons. The van der Waals surface area contributed by atoms with E-state index < -0.39 is 0 Å². The molecule has 1 aromatic rings. The molecule has 0 saturated carbocycles. The highest BCUT2D eigenvalue weighted by Crippen LogP contribution is 2.10. The van der Waals surface area contributed by atoms with Gasteiger partial charge in [0.05, 0.1) is 17.7 Å². The topological polar surface area (TPSA) is 56.0 Å². The van der Waals surface area contributed by atoms with Gasteiger partial charge in [-0.05, 0) is 56.5 Å². The second-order valence-electron chi connectivity index (χ2n) is 4.42. The smallest absolute Gasteiger partial charge is 0.0991 e. The van der Waals surface area contributed by atoms with E-state index >= 15 is 0 Å². The summed E-state index contributed by atoms with van der Waals surface area (Å²) in [4.78, 5) is 0. The van der Waals surface area contributed by atoms with Crippen molar-refractivity contribution in [1.29, 1.82) is 5.26 Å². The number of hydrogen-bond donors (Lipinski definition) is 2. The molecule has 3 heteroatoms. The monoisotopic (exact) mass is 232 g/mol. The zero-order chi connectivity index (χ0) is 12.7. The SMILES string of the molecule is Cc1cc(C#N)ccc1CNCCCC(C)O. The highest BCUT2D eigenvalue weighted by atomic mass is 16.3. The van der Waals surface area contributed by atoms with Gasteiger partial charge in [-0.1, -0.05) is 6.07 Å². The van der Waals surface area contributed by atoms with E-state index in [9.17, 15) is 0 Å². The molecule has 1 rings (SSSR count). The summed E-state index contributed by atoms with van der Waals surface area (Å²) in [7, 11) is 0. The molecule has 0 spiro atoms. The third-order valence-corrected chi connectivity index (χ3v) is 2.76. The lowest BCUT2D eigenvalue weighted by atomic mass is 10.1. The average Bonchev–Trinajstić information content (AvgIpc) is 2.30. The fourth-order valence-electron chi connectivity index (χ4n) is 1.71. The van der Waals surface area contributed by atoms with Crippen LogP contribution in [0.15, 0.2) is 18.2 Å². The van der Waals surface area contributed by atoms with Crippen molar-refractivity contribution in [2.24, 2.45) is 0 Å². The van der Waals surface area contributed by atoms with Crippen LogP contribution in [-0.4, -0.2) is 17.8 Å². The molecule has 1 unspecified atom stereocenters. The molecular formula is C14H20N2O. The van der Waals surface area contributed by atoms with Crippen molar-refractivity contribution in [3.05, 3.63) is 34.9 Å². The maximum Gasteiger partial charge on any atom is 0.0991 e. The van der Waals surface area contributed by atoms with Crippen molar-refractivity contribution in [1.82, 2.24) is 5.32 Å². The second-order valence-corrected chi connectivity index (χ2v) is 4.42. The number of hydrogen-bond acceptors (Lipinski definition) is 3. The molecule has 1 aromatic carbocycles. The van der Waals surface area contributed by atoms with Crippen LogP contribution in [0.5, 0.6) is 0 Å². The minimum absolute atomic E-state index is 0.214. The normalized spacial score (nSPS) is 12.1. The minimum atomic E-state index is -0.214. The van der Waals surface area contributed by atoms with Crippen LogP contribution in [0.4, 0.5) is 0 Å². The number of aryl methyl sites for hydroxylation is 1. The van der Waals surface area contributed by atoms with Crippen molar-refractivity contribution in [2.45, 2.75) is 39.3 Å². The molecular weight excluding hydrogens is 212 g/mol. The third kappa shape index (κ3) is 4.99. The fraction of sp³-hybridized carbons (Fsp3) is 0.500. The first-order valence-electron chi connectivity index (χ1n) is 6.02. The van der Waals surface area contributed by atoms with E-state index in [2.05, 4.69) is 11.4 Å². The second kappa shape index (κ2) is 7.05. The first-order valence-corrected chi connectivity index (χ1v) is 6.02. The molecule has 17 heavy (non-hydrogen) atoms. The van der Waals surface area contributed by atoms with Crippen LogP contribution in [0.3, 0.4) is 0 Å². The molecule has 0 amide bonds. The Morgan fingerprint density at radius 2 is 2.24 bits per heavy atom. The first-order chi connectivity index (χ1) is 8.13. The van der Waals surface area contributed by atoms with Gasteiger partial charge in [-0.3, -0.25) is 0 Å². The van der Waals surface area contributed by atoms with Gasteiger partial charge in [0.2, 0.25) is 0 Å². The summed E-state index contributed by atoms with van der Waals surface area (Å²) in [6, 6.07) is 7.89. The van der Waals surface area contributed by atoms with Gasteiger partial charge in [-0.25, -0.2) is 0 Å². The van der Waals surface area contributed by atoms with Gasteiger partial charge in [0, 0.05) is 6.54 Å². The van der Waals surface area contributed by atoms with Gasteiger partial charge in [0.25, 0.3) is 0 Å². The van der Waals surface area contributed by atoms with Crippen LogP contribution >= 0.6 is 0 Å². The molecule has 1 atom stereocenters. The first kappa shape index (κ1) is 13.7. The highest BCUT2D eigenvalue weighted by molar-refractivity contribution is 5.37. The largest absolute Gasteiger partial charge is 0.393 e. The number of aliphatic hydroxyl groups excluding tert-OH is 1. The van der Waals surface area contributed by atoms with E-state index in [1.165, 1.54) is 5.56 Å². The van der Waals surface area contributed by atoms with E-state index in [0.717, 1.165) is 31.5 Å². The quantitative estimate of drug-likeness (QED) is 0.739. The summed E-state index contributed by atoms with van der Waals surface area (Å²) in [5.74, 6) is 0. The van der Waals surface area contributed by atoms with Gasteiger partial charge in [0.15, 0.2) is 0 Å². The Hall–Kier alpha value is -1.37. The molecule has 0 heterocycles. The van der Waals surface area contributed by atoms with Crippen molar-refractivity contribution in [3.8, 4) is 6.07 Å². The Labute approximate surface area is 103 Å². The number of nitriles is 1. The lowest BCUT2D eigenvalue weighted by Gasteiger charge is -2.08. The highest BCUT2D eigenvalue weighted by Gasteiger charge is 2.00. The maximum absolute atomic E-state index is 9.11. The van der Waals surface area contributed by atoms with Gasteiger partial charge < -0.3 is 10.4 Å². The van der Waals surface area contributed by atoms with E-state index in [1.807, 2.05) is 32.0 Å². The summed E-state index contributed by atoms with van der Waals surface area (Å²) < 4.78 is 0. The number of nitrogens with zero attached hydrogens (tertiary/aromatic N) is 1. The molecule has 92 valence electrons. The average molecular weight is 232 g/mol. The molecule has 0 saturated heterocycles. The molecule has 0 aliphatic carbocycles. The van der Waals surface area contributed by atoms with Crippen LogP contribution in [0.25, 0.3) is 0 Å². The van der Waals surface area contributed by atoms with E-state index in [0.29, 0.717) is 5.56 Å². The van der Waals surface area contributed by atoms with Crippen LogP contribution in [0.2, 0.25) is 0 Å². The van der Waals surface area contributed by atoms with E-state index in [1.54, 1.807) is 0 Å². The summed E-state index contributed by atoms with van der Waals surface area (Å²) in [5, 5.41) is 21.2. The van der Waals surface area contributed by atoms with Crippen LogP contribution in [-0.2, 0) is 6.54 Å². The van der Waals surface area contributed by atoms with Gasteiger partial charge in [0.1, 0.15) is 0 Å². The Morgan fingerprint density at radius 1 is 1.47 bits per heavy atom. The molecule has 0 aliphatic heterocycles. The van der Waals surface area contributed by atoms with Gasteiger partial charge in [-0.15, -0.1) is 0 Å². The predicted molar refractivity (Wildman–Crippen MR) is 68.5 cm³/mol. The lowest BCUT2D eigenvalue weighted by molar-refractivity contribution is 0.181. The zero-order valence-corrected chi connectivity index (χ0v) is 10.5. The number of nitrogens with one attached hydrogen (secondary N) is 1. The van der Waals surface area contributed by atoms with Crippen LogP contribution in [0, 0.1) is 18.3 Å². The Morgan fingerprint density at radius 3 is 2.82 bits per heavy atom. The molecule has 0 aromatic heterocycles. The zero-order valence-electron chi connectivity index (χ0n) is 10.5. The van der Waals surface area contributed by atoms with E-state index in [-0.39, 0.29) is 6.10 Å². The van der Waals surface area contributed by atoms with Crippen molar-refractivity contribution >= 4 is 0 Å². The molecule has 3 nitrogen and oxygen atoms in total. The maximum atomic E-state index is 9.11. The number of rotatable bonds is 6. The Bertz CT molecular complexity index is 394. The Kier molecular flexibility index (Phi) is 5.68. The van der Waals surface area contributed by atoms with Crippen molar-refractivity contribution in [2.75, 3.05) is 6.54 Å². The van der Waals surface area contributed by atoms with Crippen molar-refractivity contribution < 1.29 is 5.11 Å². The summed E-state index contributed by atoms with van der Waals surface area (Å²) in [5.41, 5.74) is 3.08. The predicted octanol–water partition coefficient (Wildman–Crippen LogP) is 2.12. The van der Waals surface area contributed by atoms with Crippen LogP contribution < -0.4 is 5.32 Å². The molecule has 0 aliphatic rings. The lowest BCUT2D eigenvalue weighted by Crippen LogP contribution is -2.16. The number of benzene rings is 1. The Balaban J connectivity index is 2.35. The minimum Gasteiger partial charge on any atom is -0.393 e. The van der Waals surface area contributed by atoms with Crippen molar-refractivity contribution in [3.63, 3.8) is 0 Å². The summed E-state index contributed by atoms with van der Waals surface area (Å²) >= 11 is 0.